The van der Waals surface area contributed by atoms with Gasteiger partial charge in [-0.25, -0.2) is 0 Å². The smallest absolute Gasteiger partial charge is 0.228 e. The second kappa shape index (κ2) is 3.31. The molecule has 0 N–H and O–H groups in total. The van der Waals surface area contributed by atoms with Crippen LogP contribution >= 0.6 is 0 Å². The third-order valence-corrected chi connectivity index (χ3v) is 3.95. The number of benzene rings is 1. The summed E-state index contributed by atoms with van der Waals surface area (Å²) in [5.41, 5.74) is 0.974. The zero-order valence-electron chi connectivity index (χ0n) is 10.6. The highest BCUT2D eigenvalue weighted by molar-refractivity contribution is 6.26. The van der Waals surface area contributed by atoms with E-state index in [9.17, 15) is 9.59 Å². The van der Waals surface area contributed by atoms with Gasteiger partial charge in [0.1, 0.15) is 5.60 Å². The van der Waals surface area contributed by atoms with E-state index >= 15 is 0 Å². The molecule has 0 spiro atoms. The first-order chi connectivity index (χ1) is 8.43. The number of Topliss-reactive ketones (excluding diaryl/α,β-unsaturated/α-hetero) is 2. The Bertz CT molecular complexity index is 608. The van der Waals surface area contributed by atoms with Crippen LogP contribution in [0, 0.1) is 5.92 Å². The van der Waals surface area contributed by atoms with E-state index in [1.165, 1.54) is 0 Å². The topological polar surface area (TPSA) is 43.4 Å². The Morgan fingerprint density at radius 2 is 1.61 bits per heavy atom. The normalized spacial score (nSPS) is 24.7. The molecular weight excluding hydrogens is 228 g/mol. The minimum atomic E-state index is -0.502. The van der Waals surface area contributed by atoms with Crippen LogP contribution in [0.2, 0.25) is 0 Å². The monoisotopic (exact) mass is 242 g/mol. The third-order valence-electron chi connectivity index (χ3n) is 3.95. The molecule has 1 unspecified atom stereocenters. The number of fused-ring (bicyclic) bond motifs is 1. The number of hydrogen-bond acceptors (Lipinski definition) is 3. The van der Waals surface area contributed by atoms with Crippen molar-refractivity contribution in [1.82, 2.24) is 0 Å². The van der Waals surface area contributed by atoms with Gasteiger partial charge >= 0.3 is 0 Å². The Hall–Kier alpha value is -1.90. The average Bonchev–Trinajstić information content (AvgIpc) is 2.58. The standard InChI is InChI=1S/C15H14O3/c1-8-11-12(16)9-6-4-5-7-10(9)13(17)14(11)18-15(8,2)3/h4-8H,1-3H3. The van der Waals surface area contributed by atoms with Crippen LogP contribution in [0.4, 0.5) is 0 Å². The number of ketones is 2. The van der Waals surface area contributed by atoms with Crippen LogP contribution in [0.3, 0.4) is 0 Å². The third kappa shape index (κ3) is 1.24. The number of hydrogen-bond donors (Lipinski definition) is 0. The van der Waals surface area contributed by atoms with Crippen LogP contribution in [-0.4, -0.2) is 17.2 Å². The summed E-state index contributed by atoms with van der Waals surface area (Å²) in [5.74, 6) is -0.0654. The van der Waals surface area contributed by atoms with Gasteiger partial charge in [0.15, 0.2) is 11.5 Å². The van der Waals surface area contributed by atoms with Crippen molar-refractivity contribution in [3.63, 3.8) is 0 Å². The SMILES string of the molecule is CC1C2=C(OC1(C)C)C(=O)c1ccccc1C2=O. The molecule has 92 valence electrons. The van der Waals surface area contributed by atoms with Gasteiger partial charge in [0.25, 0.3) is 0 Å². The molecule has 3 rings (SSSR count). The van der Waals surface area contributed by atoms with Crippen LogP contribution < -0.4 is 0 Å². The summed E-state index contributed by atoms with van der Waals surface area (Å²) >= 11 is 0. The van der Waals surface area contributed by atoms with Crippen molar-refractivity contribution in [2.75, 3.05) is 0 Å². The molecule has 0 fully saturated rings. The molecule has 1 atom stereocenters. The average molecular weight is 242 g/mol. The molecule has 1 aliphatic carbocycles. The molecule has 0 bridgehead atoms. The predicted molar refractivity (Wildman–Crippen MR) is 66.5 cm³/mol. The van der Waals surface area contributed by atoms with Crippen molar-refractivity contribution in [3.05, 3.63) is 46.7 Å². The first kappa shape index (κ1) is 11.2. The molecule has 1 aliphatic heterocycles. The molecule has 1 aromatic rings. The maximum absolute atomic E-state index is 12.5. The van der Waals surface area contributed by atoms with Crippen molar-refractivity contribution in [2.24, 2.45) is 5.92 Å². The molecule has 1 heterocycles. The van der Waals surface area contributed by atoms with Gasteiger partial charge in [-0.15, -0.1) is 0 Å². The summed E-state index contributed by atoms with van der Waals surface area (Å²) in [6, 6.07) is 6.93. The fraction of sp³-hybridized carbons (Fsp3) is 0.333. The fourth-order valence-corrected chi connectivity index (χ4v) is 2.57. The molecule has 0 radical (unpaired) electrons. The maximum Gasteiger partial charge on any atom is 0.228 e. The minimum absolute atomic E-state index is 0.0710. The lowest BCUT2D eigenvalue weighted by molar-refractivity contribution is 0.0290. The lowest BCUT2D eigenvalue weighted by Gasteiger charge is -2.24. The van der Waals surface area contributed by atoms with Crippen LogP contribution in [0.5, 0.6) is 0 Å². The molecule has 0 aromatic heterocycles. The van der Waals surface area contributed by atoms with Crippen LogP contribution in [0.15, 0.2) is 35.6 Å². The lowest BCUT2D eigenvalue weighted by atomic mass is 9.80. The summed E-state index contributed by atoms with van der Waals surface area (Å²) in [7, 11) is 0. The van der Waals surface area contributed by atoms with Gasteiger partial charge in [0.2, 0.25) is 5.78 Å². The van der Waals surface area contributed by atoms with Crippen LogP contribution in [-0.2, 0) is 4.74 Å². The molecule has 18 heavy (non-hydrogen) atoms. The van der Waals surface area contributed by atoms with E-state index in [0.717, 1.165) is 0 Å². The zero-order chi connectivity index (χ0) is 13.1. The van der Waals surface area contributed by atoms with Crippen molar-refractivity contribution in [3.8, 4) is 0 Å². The van der Waals surface area contributed by atoms with Gasteiger partial charge in [-0.1, -0.05) is 31.2 Å². The van der Waals surface area contributed by atoms with Gasteiger partial charge in [0, 0.05) is 17.0 Å². The molecular formula is C15H14O3. The molecule has 0 saturated heterocycles. The summed E-state index contributed by atoms with van der Waals surface area (Å²) in [5, 5.41) is 0. The minimum Gasteiger partial charge on any atom is -0.483 e. The molecule has 1 aromatic carbocycles. The van der Waals surface area contributed by atoms with Crippen LogP contribution in [0.1, 0.15) is 41.5 Å². The molecule has 0 amide bonds. The summed E-state index contributed by atoms with van der Waals surface area (Å²) in [6.07, 6.45) is 0. The number of carbonyl (C=O) groups excluding carboxylic acids is 2. The van der Waals surface area contributed by atoms with Crippen molar-refractivity contribution >= 4 is 11.6 Å². The largest absolute Gasteiger partial charge is 0.483 e. The van der Waals surface area contributed by atoms with Crippen molar-refractivity contribution in [1.29, 1.82) is 0 Å². The maximum atomic E-state index is 12.5. The highest BCUT2D eigenvalue weighted by atomic mass is 16.5. The second-order valence-electron chi connectivity index (χ2n) is 5.37. The van der Waals surface area contributed by atoms with E-state index in [1.807, 2.05) is 20.8 Å². The van der Waals surface area contributed by atoms with E-state index < -0.39 is 5.60 Å². The Balaban J connectivity index is 2.22. The summed E-state index contributed by atoms with van der Waals surface area (Å²) in [4.78, 5) is 24.8. The highest BCUT2D eigenvalue weighted by Crippen LogP contribution is 2.44. The van der Waals surface area contributed by atoms with E-state index in [-0.39, 0.29) is 23.2 Å². The Morgan fingerprint density at radius 1 is 1.06 bits per heavy atom. The number of rotatable bonds is 0. The number of allylic oxidation sites excluding steroid dienone is 1. The molecule has 3 heteroatoms. The van der Waals surface area contributed by atoms with E-state index in [4.69, 9.17) is 4.74 Å². The fourth-order valence-electron chi connectivity index (χ4n) is 2.57. The number of ether oxygens (including phenoxy) is 1. The Labute approximate surface area is 105 Å². The van der Waals surface area contributed by atoms with Gasteiger partial charge < -0.3 is 4.74 Å². The summed E-state index contributed by atoms with van der Waals surface area (Å²) in [6.45, 7) is 5.74. The van der Waals surface area contributed by atoms with Crippen LogP contribution in [0.25, 0.3) is 0 Å². The Kier molecular flexibility index (Phi) is 2.06. The lowest BCUT2D eigenvalue weighted by Crippen LogP contribution is -2.28. The molecule has 3 nitrogen and oxygen atoms in total. The highest BCUT2D eigenvalue weighted by Gasteiger charge is 2.48. The molecule has 0 saturated carbocycles. The van der Waals surface area contributed by atoms with Gasteiger partial charge in [-0.05, 0) is 13.8 Å². The summed E-state index contributed by atoms with van der Waals surface area (Å²) < 4.78 is 5.71. The van der Waals surface area contributed by atoms with Gasteiger partial charge in [-0.3, -0.25) is 9.59 Å². The van der Waals surface area contributed by atoms with E-state index in [0.29, 0.717) is 16.7 Å². The van der Waals surface area contributed by atoms with Crippen molar-refractivity contribution < 1.29 is 14.3 Å². The molecule has 2 aliphatic rings. The zero-order valence-corrected chi connectivity index (χ0v) is 10.6. The number of carbonyl (C=O) groups is 2. The Morgan fingerprint density at radius 3 is 2.22 bits per heavy atom. The first-order valence-corrected chi connectivity index (χ1v) is 6.05. The first-order valence-electron chi connectivity index (χ1n) is 6.05. The van der Waals surface area contributed by atoms with Gasteiger partial charge in [0.05, 0.1) is 5.57 Å². The second-order valence-corrected chi connectivity index (χ2v) is 5.37. The predicted octanol–water partition coefficient (Wildman–Crippen LogP) is 2.76. The van der Waals surface area contributed by atoms with Gasteiger partial charge in [-0.2, -0.15) is 0 Å². The van der Waals surface area contributed by atoms with E-state index in [2.05, 4.69) is 0 Å². The van der Waals surface area contributed by atoms with Crippen molar-refractivity contribution in [2.45, 2.75) is 26.4 Å². The van der Waals surface area contributed by atoms with E-state index in [1.54, 1.807) is 24.3 Å². The quantitative estimate of drug-likeness (QED) is 0.702.